The highest BCUT2D eigenvalue weighted by molar-refractivity contribution is 5.46. The summed E-state index contributed by atoms with van der Waals surface area (Å²) >= 11 is 0. The zero-order valence-corrected chi connectivity index (χ0v) is 9.83. The van der Waals surface area contributed by atoms with Crippen molar-refractivity contribution in [1.82, 2.24) is 0 Å². The van der Waals surface area contributed by atoms with Crippen molar-refractivity contribution in [1.29, 1.82) is 0 Å². The van der Waals surface area contributed by atoms with Crippen LogP contribution in [0.2, 0.25) is 0 Å². The molecule has 1 aliphatic heterocycles. The third-order valence-electron chi connectivity index (χ3n) is 3.95. The second kappa shape index (κ2) is 3.77. The predicted octanol–water partition coefficient (Wildman–Crippen LogP) is 2.59. The van der Waals surface area contributed by atoms with E-state index in [4.69, 9.17) is 10.5 Å². The van der Waals surface area contributed by atoms with E-state index in [1.807, 2.05) is 0 Å². The summed E-state index contributed by atoms with van der Waals surface area (Å²) in [6, 6.07) is 4.68. The van der Waals surface area contributed by atoms with Gasteiger partial charge in [0.1, 0.15) is 5.75 Å². The maximum Gasteiger partial charge on any atom is 0.124 e. The molecule has 0 amide bonds. The molecule has 1 heterocycles. The van der Waals surface area contributed by atoms with Crippen molar-refractivity contribution < 1.29 is 4.74 Å². The van der Waals surface area contributed by atoms with Gasteiger partial charge in [0.2, 0.25) is 0 Å². The zero-order valence-electron chi connectivity index (χ0n) is 9.83. The van der Waals surface area contributed by atoms with Crippen LogP contribution in [-0.4, -0.2) is 6.61 Å². The Balaban J connectivity index is 2.06. The van der Waals surface area contributed by atoms with Crippen LogP contribution in [-0.2, 0) is 12.8 Å². The number of ether oxygens (including phenoxy) is 1. The Hall–Kier alpha value is -1.02. The maximum atomic E-state index is 6.24. The van der Waals surface area contributed by atoms with E-state index in [0.29, 0.717) is 5.92 Å². The number of hydrogen-bond donors (Lipinski definition) is 1. The fraction of sp³-hybridized carbons (Fsp3) is 0.571. The lowest BCUT2D eigenvalue weighted by molar-refractivity contribution is 0.207. The highest BCUT2D eigenvalue weighted by atomic mass is 16.5. The van der Waals surface area contributed by atoms with Gasteiger partial charge in [0, 0.05) is 17.5 Å². The highest BCUT2D eigenvalue weighted by Gasteiger charge is 2.26. The minimum atomic E-state index is 0.149. The van der Waals surface area contributed by atoms with E-state index in [1.54, 1.807) is 0 Å². The van der Waals surface area contributed by atoms with Crippen LogP contribution in [0.4, 0.5) is 0 Å². The molecule has 2 atom stereocenters. The van der Waals surface area contributed by atoms with E-state index in [-0.39, 0.29) is 6.04 Å². The van der Waals surface area contributed by atoms with E-state index >= 15 is 0 Å². The third-order valence-corrected chi connectivity index (χ3v) is 3.95. The maximum absolute atomic E-state index is 6.24. The molecule has 0 spiro atoms. The van der Waals surface area contributed by atoms with Gasteiger partial charge >= 0.3 is 0 Å². The number of aryl methyl sites for hydroxylation is 2. The molecule has 0 bridgehead atoms. The molecule has 1 aromatic rings. The molecule has 1 aromatic carbocycles. The quantitative estimate of drug-likeness (QED) is 0.725. The number of rotatable bonds is 0. The lowest BCUT2D eigenvalue weighted by Gasteiger charge is -2.30. The third kappa shape index (κ3) is 1.52. The molecule has 3 rings (SSSR count). The SMILES string of the molecule is CC1COc2cc3c(cc2C1N)CCCC3. The Bertz CT molecular complexity index is 413. The first-order valence-corrected chi connectivity index (χ1v) is 6.30. The van der Waals surface area contributed by atoms with Crippen LogP contribution >= 0.6 is 0 Å². The molecule has 2 nitrogen and oxygen atoms in total. The van der Waals surface area contributed by atoms with Crippen molar-refractivity contribution in [2.45, 2.75) is 38.6 Å². The van der Waals surface area contributed by atoms with Crippen LogP contribution in [0.3, 0.4) is 0 Å². The summed E-state index contributed by atoms with van der Waals surface area (Å²) in [4.78, 5) is 0. The summed E-state index contributed by atoms with van der Waals surface area (Å²) < 4.78 is 5.79. The number of benzene rings is 1. The van der Waals surface area contributed by atoms with E-state index in [2.05, 4.69) is 19.1 Å². The van der Waals surface area contributed by atoms with Crippen LogP contribution in [0.15, 0.2) is 12.1 Å². The van der Waals surface area contributed by atoms with Gasteiger partial charge < -0.3 is 10.5 Å². The first kappa shape index (κ1) is 10.2. The van der Waals surface area contributed by atoms with Crippen molar-refractivity contribution in [3.8, 4) is 5.75 Å². The summed E-state index contributed by atoms with van der Waals surface area (Å²) in [5.41, 5.74) is 10.4. The first-order valence-electron chi connectivity index (χ1n) is 6.30. The summed E-state index contributed by atoms with van der Waals surface area (Å²) in [7, 11) is 0. The molecule has 2 aliphatic rings. The van der Waals surface area contributed by atoms with Crippen LogP contribution in [0.25, 0.3) is 0 Å². The monoisotopic (exact) mass is 217 g/mol. The normalized spacial score (nSPS) is 27.9. The zero-order chi connectivity index (χ0) is 11.1. The molecule has 0 saturated heterocycles. The molecular weight excluding hydrogens is 198 g/mol. The molecule has 1 aliphatic carbocycles. The second-order valence-electron chi connectivity index (χ2n) is 5.18. The van der Waals surface area contributed by atoms with Gasteiger partial charge in [-0.2, -0.15) is 0 Å². The molecule has 2 heteroatoms. The van der Waals surface area contributed by atoms with Crippen molar-refractivity contribution in [3.05, 3.63) is 28.8 Å². The predicted molar refractivity (Wildman–Crippen MR) is 64.7 cm³/mol. The van der Waals surface area contributed by atoms with E-state index in [0.717, 1.165) is 12.4 Å². The number of nitrogens with two attached hydrogens (primary N) is 1. The van der Waals surface area contributed by atoms with E-state index in [9.17, 15) is 0 Å². The molecular formula is C14H19NO. The largest absolute Gasteiger partial charge is 0.493 e. The average molecular weight is 217 g/mol. The molecule has 16 heavy (non-hydrogen) atoms. The minimum absolute atomic E-state index is 0.149. The van der Waals surface area contributed by atoms with Crippen LogP contribution in [0.5, 0.6) is 5.75 Å². The van der Waals surface area contributed by atoms with Gasteiger partial charge in [-0.25, -0.2) is 0 Å². The molecule has 2 N–H and O–H groups in total. The van der Waals surface area contributed by atoms with Gasteiger partial charge in [-0.15, -0.1) is 0 Å². The lowest BCUT2D eigenvalue weighted by atomic mass is 9.85. The van der Waals surface area contributed by atoms with Crippen LogP contribution in [0.1, 0.15) is 42.5 Å². The molecule has 0 radical (unpaired) electrons. The standard InChI is InChI=1S/C14H19NO/c1-9-8-16-13-7-11-5-3-2-4-10(11)6-12(13)14(9)15/h6-7,9,14H,2-5,8,15H2,1H3. The Morgan fingerprint density at radius 2 is 1.88 bits per heavy atom. The van der Waals surface area contributed by atoms with Crippen molar-refractivity contribution in [3.63, 3.8) is 0 Å². The number of fused-ring (bicyclic) bond motifs is 2. The molecule has 0 aromatic heterocycles. The van der Waals surface area contributed by atoms with Crippen molar-refractivity contribution in [2.75, 3.05) is 6.61 Å². The second-order valence-corrected chi connectivity index (χ2v) is 5.18. The van der Waals surface area contributed by atoms with Gasteiger partial charge in [0.25, 0.3) is 0 Å². The van der Waals surface area contributed by atoms with Crippen LogP contribution in [0, 0.1) is 5.92 Å². The molecule has 0 fully saturated rings. The average Bonchev–Trinajstić information content (AvgIpc) is 2.32. The van der Waals surface area contributed by atoms with Gasteiger partial charge in [0.05, 0.1) is 6.61 Å². The van der Waals surface area contributed by atoms with Gasteiger partial charge in [-0.3, -0.25) is 0 Å². The summed E-state index contributed by atoms with van der Waals surface area (Å²) in [5, 5.41) is 0. The van der Waals surface area contributed by atoms with E-state index < -0.39 is 0 Å². The Kier molecular flexibility index (Phi) is 2.40. The van der Waals surface area contributed by atoms with Gasteiger partial charge in [-0.1, -0.05) is 13.0 Å². The van der Waals surface area contributed by atoms with Crippen molar-refractivity contribution >= 4 is 0 Å². The summed E-state index contributed by atoms with van der Waals surface area (Å²) in [5.74, 6) is 1.46. The first-order chi connectivity index (χ1) is 7.75. The van der Waals surface area contributed by atoms with Gasteiger partial charge in [-0.05, 0) is 42.9 Å². The summed E-state index contributed by atoms with van der Waals surface area (Å²) in [6.07, 6.45) is 5.05. The minimum Gasteiger partial charge on any atom is -0.493 e. The Morgan fingerprint density at radius 3 is 2.62 bits per heavy atom. The number of hydrogen-bond acceptors (Lipinski definition) is 2. The topological polar surface area (TPSA) is 35.2 Å². The molecule has 86 valence electrons. The lowest BCUT2D eigenvalue weighted by Crippen LogP contribution is -2.29. The van der Waals surface area contributed by atoms with E-state index in [1.165, 1.54) is 42.4 Å². The van der Waals surface area contributed by atoms with Crippen molar-refractivity contribution in [2.24, 2.45) is 11.7 Å². The van der Waals surface area contributed by atoms with Gasteiger partial charge in [0.15, 0.2) is 0 Å². The van der Waals surface area contributed by atoms with Crippen LogP contribution < -0.4 is 10.5 Å². The smallest absolute Gasteiger partial charge is 0.124 e. The molecule has 0 saturated carbocycles. The fourth-order valence-corrected chi connectivity index (χ4v) is 2.80. The fourth-order valence-electron chi connectivity index (χ4n) is 2.80. The molecule has 2 unspecified atom stereocenters. The Morgan fingerprint density at radius 1 is 1.19 bits per heavy atom. The summed E-state index contributed by atoms with van der Waals surface area (Å²) in [6.45, 7) is 2.92. The Labute approximate surface area is 96.8 Å². The highest BCUT2D eigenvalue weighted by Crippen LogP contribution is 2.37.